The van der Waals surface area contributed by atoms with E-state index in [1.807, 2.05) is 17.9 Å². The zero-order valence-corrected chi connectivity index (χ0v) is 13.2. The number of ether oxygens (including phenoxy) is 3. The molecule has 0 saturated heterocycles. The van der Waals surface area contributed by atoms with Gasteiger partial charge in [-0.05, 0) is 13.5 Å². The first kappa shape index (κ1) is 18.0. The lowest BCUT2D eigenvalue weighted by molar-refractivity contribution is 0.0134. The van der Waals surface area contributed by atoms with Crippen molar-refractivity contribution in [3.63, 3.8) is 0 Å². The average Bonchev–Trinajstić information content (AvgIpc) is 2.93. The molecule has 0 bridgehead atoms. The monoisotopic (exact) mass is 300 g/mol. The fraction of sp³-hybridized carbons (Fsp3) is 0.857. The quantitative estimate of drug-likeness (QED) is 0.505. The number of nitrogens with zero attached hydrogens (tertiary/aromatic N) is 3. The summed E-state index contributed by atoms with van der Waals surface area (Å²) in [5.74, 6) is 0. The number of hydrogen-bond donors (Lipinski definition) is 1. The van der Waals surface area contributed by atoms with Gasteiger partial charge in [0.1, 0.15) is 0 Å². The summed E-state index contributed by atoms with van der Waals surface area (Å²) < 4.78 is 18.0. The lowest BCUT2D eigenvalue weighted by atomic mass is 10.3. The molecule has 0 radical (unpaired) electrons. The van der Waals surface area contributed by atoms with E-state index in [0.717, 1.165) is 31.6 Å². The van der Waals surface area contributed by atoms with Crippen LogP contribution in [-0.4, -0.2) is 68.2 Å². The molecule has 0 aliphatic rings. The fourth-order valence-corrected chi connectivity index (χ4v) is 1.69. The van der Waals surface area contributed by atoms with E-state index >= 15 is 0 Å². The highest BCUT2D eigenvalue weighted by Gasteiger charge is 1.99. The zero-order valence-electron chi connectivity index (χ0n) is 13.2. The molecule has 1 aromatic rings. The summed E-state index contributed by atoms with van der Waals surface area (Å²) in [5, 5.41) is 11.2. The fourth-order valence-electron chi connectivity index (χ4n) is 1.69. The molecule has 7 heteroatoms. The van der Waals surface area contributed by atoms with Crippen LogP contribution in [0.25, 0.3) is 0 Å². The second-order valence-corrected chi connectivity index (χ2v) is 4.66. The molecule has 0 saturated carbocycles. The van der Waals surface area contributed by atoms with Crippen molar-refractivity contribution in [2.45, 2.75) is 26.3 Å². The number of aromatic nitrogens is 3. The Morgan fingerprint density at radius 1 is 1.05 bits per heavy atom. The van der Waals surface area contributed by atoms with E-state index in [2.05, 4.69) is 22.6 Å². The molecule has 21 heavy (non-hydrogen) atoms. The Labute approximate surface area is 126 Å². The van der Waals surface area contributed by atoms with Gasteiger partial charge in [-0.2, -0.15) is 0 Å². The third kappa shape index (κ3) is 9.52. The predicted molar refractivity (Wildman–Crippen MR) is 80.4 cm³/mol. The van der Waals surface area contributed by atoms with Crippen molar-refractivity contribution in [2.75, 3.05) is 53.2 Å². The van der Waals surface area contributed by atoms with Crippen molar-refractivity contribution in [1.82, 2.24) is 20.3 Å². The average molecular weight is 300 g/mol. The number of likely N-dealkylation sites (N-methyl/N-ethyl adjacent to an activating group) is 1. The highest BCUT2D eigenvalue weighted by molar-refractivity contribution is 4.91. The minimum Gasteiger partial charge on any atom is -0.378 e. The first-order chi connectivity index (χ1) is 10.4. The van der Waals surface area contributed by atoms with Crippen molar-refractivity contribution in [3.05, 3.63) is 11.9 Å². The molecule has 0 atom stereocenters. The molecular formula is C14H28N4O3. The highest BCUT2D eigenvalue weighted by Crippen LogP contribution is 1.97. The maximum atomic E-state index is 5.49. The number of rotatable bonds is 14. The summed E-state index contributed by atoms with van der Waals surface area (Å²) in [6.45, 7) is 7.48. The van der Waals surface area contributed by atoms with E-state index in [0.29, 0.717) is 39.6 Å². The zero-order chi connectivity index (χ0) is 15.2. The number of nitrogens with one attached hydrogen (secondary N) is 1. The van der Waals surface area contributed by atoms with Crippen LogP contribution in [0.3, 0.4) is 0 Å². The Morgan fingerprint density at radius 2 is 1.71 bits per heavy atom. The van der Waals surface area contributed by atoms with E-state index in [1.54, 1.807) is 0 Å². The standard InChI is InChI=1S/C14H28N4O3/c1-3-4-14-13-18(17-16-14)6-8-20-10-12-21-11-9-19-7-5-15-2/h13,15H,3-12H2,1-2H3. The van der Waals surface area contributed by atoms with Crippen LogP contribution in [0.4, 0.5) is 0 Å². The van der Waals surface area contributed by atoms with Crippen molar-refractivity contribution in [1.29, 1.82) is 0 Å². The molecule has 0 amide bonds. The van der Waals surface area contributed by atoms with Crippen LogP contribution in [0.5, 0.6) is 0 Å². The predicted octanol–water partition coefficient (Wildman–Crippen LogP) is 0.500. The topological polar surface area (TPSA) is 70.4 Å². The highest BCUT2D eigenvalue weighted by atomic mass is 16.5. The molecule has 122 valence electrons. The third-order valence-electron chi connectivity index (χ3n) is 2.80. The second kappa shape index (κ2) is 12.7. The van der Waals surface area contributed by atoms with Gasteiger partial charge in [0, 0.05) is 12.7 Å². The number of hydrogen-bond acceptors (Lipinski definition) is 6. The van der Waals surface area contributed by atoms with Gasteiger partial charge in [-0.1, -0.05) is 18.6 Å². The maximum Gasteiger partial charge on any atom is 0.0827 e. The summed E-state index contributed by atoms with van der Waals surface area (Å²) >= 11 is 0. The van der Waals surface area contributed by atoms with E-state index < -0.39 is 0 Å². The minimum atomic E-state index is 0.590. The van der Waals surface area contributed by atoms with Gasteiger partial charge in [0.15, 0.2) is 0 Å². The Morgan fingerprint density at radius 3 is 2.38 bits per heavy atom. The Kier molecular flexibility index (Phi) is 10.9. The summed E-state index contributed by atoms with van der Waals surface area (Å²) in [7, 11) is 1.90. The summed E-state index contributed by atoms with van der Waals surface area (Å²) in [6, 6.07) is 0. The summed E-state index contributed by atoms with van der Waals surface area (Å²) in [6.07, 6.45) is 4.04. The molecule has 0 spiro atoms. The molecule has 0 fully saturated rings. The van der Waals surface area contributed by atoms with Gasteiger partial charge in [-0.25, -0.2) is 4.68 Å². The Balaban J connectivity index is 1.86. The molecular weight excluding hydrogens is 272 g/mol. The normalized spacial score (nSPS) is 11.1. The molecule has 0 aliphatic carbocycles. The van der Waals surface area contributed by atoms with Gasteiger partial charge in [-0.15, -0.1) is 5.10 Å². The molecule has 1 rings (SSSR count). The number of aryl methyl sites for hydroxylation is 1. The van der Waals surface area contributed by atoms with Crippen molar-refractivity contribution >= 4 is 0 Å². The van der Waals surface area contributed by atoms with E-state index in [1.165, 1.54) is 0 Å². The lowest BCUT2D eigenvalue weighted by Gasteiger charge is -2.06. The Hall–Kier alpha value is -1.02. The molecule has 1 heterocycles. The van der Waals surface area contributed by atoms with Crippen LogP contribution in [0, 0.1) is 0 Å². The third-order valence-corrected chi connectivity index (χ3v) is 2.80. The Bertz CT molecular complexity index is 347. The van der Waals surface area contributed by atoms with Crippen LogP contribution >= 0.6 is 0 Å². The summed E-state index contributed by atoms with van der Waals surface area (Å²) in [4.78, 5) is 0. The van der Waals surface area contributed by atoms with Gasteiger partial charge in [0.25, 0.3) is 0 Å². The van der Waals surface area contributed by atoms with Gasteiger partial charge in [-0.3, -0.25) is 0 Å². The molecule has 0 aliphatic heterocycles. The van der Waals surface area contributed by atoms with Crippen LogP contribution in [0.2, 0.25) is 0 Å². The summed E-state index contributed by atoms with van der Waals surface area (Å²) in [5.41, 5.74) is 1.04. The molecule has 0 unspecified atom stereocenters. The molecule has 0 aromatic carbocycles. The largest absolute Gasteiger partial charge is 0.378 e. The van der Waals surface area contributed by atoms with Crippen molar-refractivity contribution in [3.8, 4) is 0 Å². The van der Waals surface area contributed by atoms with Crippen molar-refractivity contribution in [2.24, 2.45) is 0 Å². The van der Waals surface area contributed by atoms with Crippen LogP contribution < -0.4 is 5.32 Å². The van der Waals surface area contributed by atoms with E-state index in [9.17, 15) is 0 Å². The van der Waals surface area contributed by atoms with Crippen LogP contribution in [0.15, 0.2) is 6.20 Å². The minimum absolute atomic E-state index is 0.590. The van der Waals surface area contributed by atoms with Crippen molar-refractivity contribution < 1.29 is 14.2 Å². The van der Waals surface area contributed by atoms with Gasteiger partial charge in [0.2, 0.25) is 0 Å². The molecule has 7 nitrogen and oxygen atoms in total. The van der Waals surface area contributed by atoms with Gasteiger partial charge in [0.05, 0.1) is 51.9 Å². The second-order valence-electron chi connectivity index (χ2n) is 4.66. The van der Waals surface area contributed by atoms with Gasteiger partial charge < -0.3 is 19.5 Å². The first-order valence-corrected chi connectivity index (χ1v) is 7.63. The molecule has 1 N–H and O–H groups in total. The smallest absolute Gasteiger partial charge is 0.0827 e. The van der Waals surface area contributed by atoms with Gasteiger partial charge >= 0.3 is 0 Å². The van der Waals surface area contributed by atoms with E-state index in [-0.39, 0.29) is 0 Å². The lowest BCUT2D eigenvalue weighted by Crippen LogP contribution is -2.17. The van der Waals surface area contributed by atoms with Crippen LogP contribution in [0.1, 0.15) is 19.0 Å². The first-order valence-electron chi connectivity index (χ1n) is 7.63. The van der Waals surface area contributed by atoms with E-state index in [4.69, 9.17) is 14.2 Å². The molecule has 1 aromatic heterocycles. The maximum absolute atomic E-state index is 5.49. The van der Waals surface area contributed by atoms with Crippen LogP contribution in [-0.2, 0) is 27.2 Å². The SMILES string of the molecule is CCCc1cn(CCOCCOCCOCCNC)nn1.